The molecule has 1 aliphatic carbocycles. The van der Waals surface area contributed by atoms with Crippen molar-refractivity contribution in [3.8, 4) is 0 Å². The second kappa shape index (κ2) is 6.40. The molecule has 1 aromatic rings. The van der Waals surface area contributed by atoms with E-state index in [-0.39, 0.29) is 11.0 Å². The lowest BCUT2D eigenvalue weighted by atomic mass is 9.93. The molecule has 3 nitrogen and oxygen atoms in total. The fraction of sp³-hybridized carbons (Fsp3) is 0.632. The van der Waals surface area contributed by atoms with Gasteiger partial charge in [-0.2, -0.15) is 0 Å². The lowest BCUT2D eigenvalue weighted by Gasteiger charge is -2.40. The third-order valence-corrected chi connectivity index (χ3v) is 11.5. The quantitative estimate of drug-likeness (QED) is 0.345. The van der Waals surface area contributed by atoms with Gasteiger partial charge in [-0.1, -0.05) is 39.0 Å². The summed E-state index contributed by atoms with van der Waals surface area (Å²) in [5.41, 5.74) is 0.173. The molecule has 0 heterocycles. The van der Waals surface area contributed by atoms with E-state index in [2.05, 4.69) is 75.5 Å². The minimum absolute atomic E-state index is 0.113. The zero-order valence-electron chi connectivity index (χ0n) is 15.8. The van der Waals surface area contributed by atoms with Crippen LogP contribution < -0.4 is 0 Å². The van der Waals surface area contributed by atoms with Crippen LogP contribution in [0, 0.1) is 8.99 Å². The first-order chi connectivity index (χ1) is 10.9. The molecule has 0 amide bonds. The van der Waals surface area contributed by atoms with Crippen LogP contribution in [-0.4, -0.2) is 27.0 Å². The van der Waals surface area contributed by atoms with E-state index in [0.717, 1.165) is 6.42 Å². The Morgan fingerprint density at radius 1 is 1.29 bits per heavy atom. The van der Waals surface area contributed by atoms with E-state index in [9.17, 15) is 4.79 Å². The van der Waals surface area contributed by atoms with Gasteiger partial charge in [-0.15, -0.1) is 0 Å². The average Bonchev–Trinajstić information content (AvgIpc) is 3.03. The Morgan fingerprint density at radius 3 is 2.38 bits per heavy atom. The Bertz CT molecular complexity index is 638. The molecule has 0 radical (unpaired) electrons. The Morgan fingerprint density at radius 2 is 1.88 bits per heavy atom. The standard InChI is InChI=1S/C19H29IO3Si/c1-17(2,3)24(6,7)23-18(4)13-19(18,16(21)22-5)12-14-10-8-9-11-15(14)20/h8-11H,12-13H2,1-7H3/t18-,19+/m1/s1. The van der Waals surface area contributed by atoms with Gasteiger partial charge < -0.3 is 9.16 Å². The van der Waals surface area contributed by atoms with Gasteiger partial charge in [0.25, 0.3) is 0 Å². The predicted molar refractivity (Wildman–Crippen MR) is 109 cm³/mol. The van der Waals surface area contributed by atoms with Crippen molar-refractivity contribution in [2.45, 2.75) is 64.3 Å². The molecule has 1 aliphatic rings. The Kier molecular flexibility index (Phi) is 5.31. The Labute approximate surface area is 160 Å². The molecule has 1 aromatic carbocycles. The maximum absolute atomic E-state index is 12.7. The molecular formula is C19H29IO3Si. The van der Waals surface area contributed by atoms with Crippen molar-refractivity contribution in [2.24, 2.45) is 5.41 Å². The molecule has 5 heteroatoms. The van der Waals surface area contributed by atoms with Gasteiger partial charge in [0.2, 0.25) is 0 Å². The fourth-order valence-electron chi connectivity index (χ4n) is 3.15. The average molecular weight is 460 g/mol. The molecular weight excluding hydrogens is 431 g/mol. The van der Waals surface area contributed by atoms with Crippen LogP contribution in [0.2, 0.25) is 18.1 Å². The number of benzene rings is 1. The number of carbonyl (C=O) groups excluding carboxylic acids is 1. The highest BCUT2D eigenvalue weighted by Gasteiger charge is 2.72. The normalized spacial score (nSPS) is 27.0. The number of hydrogen-bond donors (Lipinski definition) is 0. The van der Waals surface area contributed by atoms with Gasteiger partial charge in [0, 0.05) is 3.57 Å². The molecule has 2 atom stereocenters. The van der Waals surface area contributed by atoms with E-state index in [1.54, 1.807) is 0 Å². The van der Waals surface area contributed by atoms with Crippen LogP contribution in [0.1, 0.15) is 39.7 Å². The maximum atomic E-state index is 12.7. The van der Waals surface area contributed by atoms with Crippen LogP contribution in [0.4, 0.5) is 0 Å². The van der Waals surface area contributed by atoms with Crippen LogP contribution in [0.5, 0.6) is 0 Å². The van der Waals surface area contributed by atoms with E-state index in [1.165, 1.54) is 16.2 Å². The van der Waals surface area contributed by atoms with Crippen LogP contribution in [0.3, 0.4) is 0 Å². The van der Waals surface area contributed by atoms with Gasteiger partial charge >= 0.3 is 5.97 Å². The second-order valence-electron chi connectivity index (χ2n) is 8.61. The molecule has 0 saturated heterocycles. The van der Waals surface area contributed by atoms with Crippen LogP contribution in [-0.2, 0) is 20.4 Å². The molecule has 0 spiro atoms. The topological polar surface area (TPSA) is 35.5 Å². The van der Waals surface area contributed by atoms with E-state index in [1.807, 2.05) is 12.1 Å². The van der Waals surface area contributed by atoms with Crippen molar-refractivity contribution in [2.75, 3.05) is 7.11 Å². The molecule has 0 bridgehead atoms. The van der Waals surface area contributed by atoms with Crippen molar-refractivity contribution in [1.82, 2.24) is 0 Å². The van der Waals surface area contributed by atoms with Crippen LogP contribution in [0.25, 0.3) is 0 Å². The predicted octanol–water partition coefficient (Wildman–Crippen LogP) is 5.18. The SMILES string of the molecule is COC(=O)[C@]1(Cc2ccccc2I)C[C@@]1(C)O[Si](C)(C)C(C)(C)C. The highest BCUT2D eigenvalue weighted by atomic mass is 127. The van der Waals surface area contributed by atoms with Gasteiger partial charge in [-0.25, -0.2) is 0 Å². The van der Waals surface area contributed by atoms with E-state index in [0.29, 0.717) is 6.42 Å². The van der Waals surface area contributed by atoms with Crippen molar-refractivity contribution in [3.05, 3.63) is 33.4 Å². The first-order valence-electron chi connectivity index (χ1n) is 8.41. The molecule has 0 N–H and O–H groups in total. The molecule has 0 aliphatic heterocycles. The molecule has 134 valence electrons. The Hall–Kier alpha value is -0.403. The van der Waals surface area contributed by atoms with Crippen molar-refractivity contribution >= 4 is 36.9 Å². The fourth-order valence-corrected chi connectivity index (χ4v) is 5.43. The van der Waals surface area contributed by atoms with Crippen LogP contribution in [0.15, 0.2) is 24.3 Å². The molecule has 24 heavy (non-hydrogen) atoms. The summed E-state index contributed by atoms with van der Waals surface area (Å²) in [6.45, 7) is 13.2. The first kappa shape index (κ1) is 19.9. The van der Waals surface area contributed by atoms with Crippen molar-refractivity contribution in [1.29, 1.82) is 0 Å². The summed E-state index contributed by atoms with van der Waals surface area (Å²) >= 11 is 2.33. The number of carbonyl (C=O) groups is 1. The monoisotopic (exact) mass is 460 g/mol. The molecule has 0 unspecified atom stereocenters. The van der Waals surface area contributed by atoms with E-state index in [4.69, 9.17) is 9.16 Å². The maximum Gasteiger partial charge on any atom is 0.315 e. The first-order valence-corrected chi connectivity index (χ1v) is 12.4. The molecule has 1 fully saturated rings. The van der Waals surface area contributed by atoms with Crippen LogP contribution >= 0.6 is 22.6 Å². The van der Waals surface area contributed by atoms with Gasteiger partial charge in [0.05, 0.1) is 12.7 Å². The summed E-state index contributed by atoms with van der Waals surface area (Å²) in [4.78, 5) is 12.7. The third kappa shape index (κ3) is 3.44. The number of ether oxygens (including phenoxy) is 1. The highest BCUT2D eigenvalue weighted by molar-refractivity contribution is 14.1. The highest BCUT2D eigenvalue weighted by Crippen LogP contribution is 2.63. The smallest absolute Gasteiger partial charge is 0.315 e. The molecule has 2 rings (SSSR count). The lowest BCUT2D eigenvalue weighted by molar-refractivity contribution is -0.149. The zero-order chi connectivity index (χ0) is 18.4. The third-order valence-electron chi connectivity index (χ3n) is 5.84. The van der Waals surface area contributed by atoms with Gasteiger partial charge in [0.15, 0.2) is 8.32 Å². The summed E-state index contributed by atoms with van der Waals surface area (Å²) in [7, 11) is -0.488. The zero-order valence-corrected chi connectivity index (χ0v) is 19.0. The summed E-state index contributed by atoms with van der Waals surface area (Å²) < 4.78 is 13.0. The van der Waals surface area contributed by atoms with Gasteiger partial charge in [0.1, 0.15) is 5.41 Å². The van der Waals surface area contributed by atoms with Gasteiger partial charge in [-0.05, 0) is 72.1 Å². The summed E-state index contributed by atoms with van der Waals surface area (Å²) in [6.07, 6.45) is 1.40. The minimum Gasteiger partial charge on any atom is -0.468 e. The number of rotatable bonds is 5. The number of halogens is 1. The number of esters is 1. The number of methoxy groups -OCH3 is 1. The largest absolute Gasteiger partial charge is 0.468 e. The van der Waals surface area contributed by atoms with Crippen molar-refractivity contribution < 1.29 is 14.0 Å². The summed E-state index contributed by atoms with van der Waals surface area (Å²) in [5, 5.41) is 0.113. The lowest BCUT2D eigenvalue weighted by Crippen LogP contribution is -2.47. The molecule has 0 aromatic heterocycles. The van der Waals surface area contributed by atoms with E-state index < -0.39 is 19.3 Å². The summed E-state index contributed by atoms with van der Waals surface area (Å²) in [5.74, 6) is -0.150. The molecule has 1 saturated carbocycles. The van der Waals surface area contributed by atoms with Crippen molar-refractivity contribution in [3.63, 3.8) is 0 Å². The summed E-state index contributed by atoms with van der Waals surface area (Å²) in [6, 6.07) is 8.22. The van der Waals surface area contributed by atoms with E-state index >= 15 is 0 Å². The van der Waals surface area contributed by atoms with Gasteiger partial charge in [-0.3, -0.25) is 4.79 Å². The number of hydrogen-bond acceptors (Lipinski definition) is 3. The minimum atomic E-state index is -1.97. The second-order valence-corrected chi connectivity index (χ2v) is 14.5. The Balaban J connectivity index is 2.33.